The molecule has 41 heavy (non-hydrogen) atoms. The third-order valence-corrected chi connectivity index (χ3v) is 9.12. The van der Waals surface area contributed by atoms with Crippen molar-refractivity contribution in [1.82, 2.24) is 15.5 Å². The van der Waals surface area contributed by atoms with Gasteiger partial charge in [0.2, 0.25) is 11.0 Å². The third kappa shape index (κ3) is 6.19. The molecule has 1 amide bonds. The number of thioether (sulfide) groups is 1. The molecule has 8 nitrogen and oxygen atoms in total. The number of anilines is 1. The van der Waals surface area contributed by atoms with Crippen molar-refractivity contribution in [3.8, 4) is 6.07 Å². The first-order chi connectivity index (χ1) is 19.7. The second-order valence-electron chi connectivity index (χ2n) is 10.8. The molecule has 0 spiro atoms. The molecule has 0 bridgehead atoms. The molecule has 0 radical (unpaired) electrons. The fourth-order valence-electron chi connectivity index (χ4n) is 5.24. The van der Waals surface area contributed by atoms with Crippen molar-refractivity contribution in [2.45, 2.75) is 43.4 Å². The lowest BCUT2D eigenvalue weighted by Gasteiger charge is -2.42. The van der Waals surface area contributed by atoms with E-state index in [0.29, 0.717) is 45.7 Å². The summed E-state index contributed by atoms with van der Waals surface area (Å²) in [6.45, 7) is 4.56. The number of nitrogens with one attached hydrogen (secondary N) is 1. The van der Waals surface area contributed by atoms with Crippen molar-refractivity contribution in [3.05, 3.63) is 94.2 Å². The van der Waals surface area contributed by atoms with Gasteiger partial charge in [-0.25, -0.2) is 4.39 Å². The molecule has 5 rings (SSSR count). The number of nitrogens with zero attached hydrogens (tertiary/aromatic N) is 4. The van der Waals surface area contributed by atoms with E-state index >= 15 is 0 Å². The fraction of sp³-hybridized carbons (Fsp3) is 0.300. The molecule has 2 aliphatic rings. The molecule has 1 aromatic heterocycles. The molecule has 210 valence electrons. The molecule has 3 aromatic rings. The highest BCUT2D eigenvalue weighted by Crippen LogP contribution is 2.50. The molecule has 0 fully saturated rings. The maximum atomic E-state index is 13.7. The number of nitriles is 1. The van der Waals surface area contributed by atoms with Crippen LogP contribution in [0.15, 0.2) is 81.6 Å². The second-order valence-corrected chi connectivity index (χ2v) is 12.9. The van der Waals surface area contributed by atoms with Crippen molar-refractivity contribution in [3.63, 3.8) is 0 Å². The van der Waals surface area contributed by atoms with Gasteiger partial charge < -0.3 is 11.1 Å². The van der Waals surface area contributed by atoms with Crippen LogP contribution in [0.1, 0.15) is 43.7 Å². The number of nitrogens with two attached hydrogens (primary N) is 1. The number of halogens is 1. The van der Waals surface area contributed by atoms with Gasteiger partial charge in [-0.05, 0) is 41.5 Å². The molecule has 1 unspecified atom stereocenters. The maximum Gasteiger partial charge on any atom is 0.230 e. The Labute approximate surface area is 246 Å². The zero-order valence-electron chi connectivity index (χ0n) is 22.7. The summed E-state index contributed by atoms with van der Waals surface area (Å²) in [5, 5.41) is 22.1. The number of allylic oxidation sites excluding steroid dienone is 3. The molecule has 0 saturated carbocycles. The van der Waals surface area contributed by atoms with Crippen LogP contribution < -0.4 is 16.0 Å². The van der Waals surface area contributed by atoms with Gasteiger partial charge in [0.1, 0.15) is 11.6 Å². The monoisotopic (exact) mass is 588 g/mol. The van der Waals surface area contributed by atoms with Gasteiger partial charge in [-0.15, -0.1) is 10.2 Å². The van der Waals surface area contributed by atoms with Crippen molar-refractivity contribution in [2.75, 3.05) is 17.2 Å². The van der Waals surface area contributed by atoms with Crippen molar-refractivity contribution >= 4 is 39.9 Å². The minimum Gasteiger partial charge on any atom is -0.384 e. The van der Waals surface area contributed by atoms with Crippen LogP contribution in [0.2, 0.25) is 0 Å². The van der Waals surface area contributed by atoms with Crippen LogP contribution in [0, 0.1) is 22.6 Å². The molecular weight excluding hydrogens is 560 g/mol. The van der Waals surface area contributed by atoms with Crippen LogP contribution in [0.4, 0.5) is 9.52 Å². The SMILES string of the molecule is CC1(C)CC(=O)C2=C(C1)N(c1nnc(SCC(=O)NCCc3ccccc3)s1)C(N)=C(C#N)C2c1ccc(F)cc1. The number of Topliss-reactive ketones (excluding diaryl/α,β-unsaturated/α-hetero) is 1. The van der Waals surface area contributed by atoms with Crippen molar-refractivity contribution in [2.24, 2.45) is 11.1 Å². The van der Waals surface area contributed by atoms with E-state index in [-0.39, 0.29) is 34.3 Å². The number of carbonyl (C=O) groups excluding carboxylic acids is 2. The smallest absolute Gasteiger partial charge is 0.230 e. The third-order valence-electron chi connectivity index (χ3n) is 7.08. The molecule has 11 heteroatoms. The average Bonchev–Trinajstić information content (AvgIpc) is 3.40. The van der Waals surface area contributed by atoms with Gasteiger partial charge in [-0.1, -0.05) is 79.4 Å². The van der Waals surface area contributed by atoms with E-state index in [0.717, 1.165) is 12.0 Å². The summed E-state index contributed by atoms with van der Waals surface area (Å²) in [4.78, 5) is 27.7. The van der Waals surface area contributed by atoms with Gasteiger partial charge >= 0.3 is 0 Å². The minimum atomic E-state index is -0.697. The zero-order chi connectivity index (χ0) is 29.1. The fourth-order valence-corrected chi connectivity index (χ4v) is 6.95. The van der Waals surface area contributed by atoms with E-state index in [1.165, 1.54) is 35.2 Å². The topological polar surface area (TPSA) is 125 Å². The first kappa shape index (κ1) is 28.5. The number of amides is 1. The highest BCUT2D eigenvalue weighted by atomic mass is 32.2. The number of carbonyl (C=O) groups is 2. The van der Waals surface area contributed by atoms with Crippen molar-refractivity contribution < 1.29 is 14.0 Å². The minimum absolute atomic E-state index is 0.0814. The van der Waals surface area contributed by atoms with E-state index in [4.69, 9.17) is 5.73 Å². The molecule has 1 aliphatic heterocycles. The van der Waals surface area contributed by atoms with Gasteiger partial charge in [-0.2, -0.15) is 5.26 Å². The lowest BCUT2D eigenvalue weighted by atomic mass is 9.69. The number of rotatable bonds is 8. The van der Waals surface area contributed by atoms with Gasteiger partial charge in [0.15, 0.2) is 10.1 Å². The van der Waals surface area contributed by atoms with E-state index in [1.807, 2.05) is 44.2 Å². The number of ketones is 1. The van der Waals surface area contributed by atoms with Crippen LogP contribution in [-0.4, -0.2) is 34.2 Å². The Morgan fingerprint density at radius 1 is 1.20 bits per heavy atom. The van der Waals surface area contributed by atoms with Gasteiger partial charge in [0.25, 0.3) is 0 Å². The van der Waals surface area contributed by atoms with E-state index < -0.39 is 11.7 Å². The van der Waals surface area contributed by atoms with Crippen molar-refractivity contribution in [1.29, 1.82) is 5.26 Å². The summed E-state index contributed by atoms with van der Waals surface area (Å²) in [5.74, 6) is -0.963. The maximum absolute atomic E-state index is 13.7. The Hall–Kier alpha value is -4.01. The number of hydrogen-bond donors (Lipinski definition) is 2. The normalized spacial score (nSPS) is 18.2. The summed E-state index contributed by atoms with van der Waals surface area (Å²) < 4.78 is 14.3. The molecule has 3 N–H and O–H groups in total. The number of aromatic nitrogens is 2. The Kier molecular flexibility index (Phi) is 8.24. The largest absolute Gasteiger partial charge is 0.384 e. The molecule has 1 atom stereocenters. The zero-order valence-corrected chi connectivity index (χ0v) is 24.3. The lowest BCUT2D eigenvalue weighted by Crippen LogP contribution is -2.42. The van der Waals surface area contributed by atoms with Gasteiger partial charge in [0.05, 0.1) is 23.3 Å². The quantitative estimate of drug-likeness (QED) is 0.350. The highest BCUT2D eigenvalue weighted by Gasteiger charge is 2.45. The summed E-state index contributed by atoms with van der Waals surface area (Å²) in [6.07, 6.45) is 1.58. The van der Waals surface area contributed by atoms with Gasteiger partial charge in [-0.3, -0.25) is 14.5 Å². The first-order valence-electron chi connectivity index (χ1n) is 13.2. The van der Waals surface area contributed by atoms with E-state index in [9.17, 15) is 19.2 Å². The molecular formula is C30H29FN6O2S2. The number of benzene rings is 2. The van der Waals surface area contributed by atoms with E-state index in [1.54, 1.807) is 17.0 Å². The molecule has 1 aliphatic carbocycles. The molecule has 2 aromatic carbocycles. The van der Waals surface area contributed by atoms with E-state index in [2.05, 4.69) is 21.6 Å². The summed E-state index contributed by atoms with van der Waals surface area (Å²) in [5.41, 5.74) is 9.41. The van der Waals surface area contributed by atoms with Crippen LogP contribution in [-0.2, 0) is 16.0 Å². The lowest BCUT2D eigenvalue weighted by molar-refractivity contribution is -0.119. The summed E-state index contributed by atoms with van der Waals surface area (Å²) in [7, 11) is 0. The average molecular weight is 589 g/mol. The van der Waals surface area contributed by atoms with Crippen LogP contribution in [0.25, 0.3) is 0 Å². The molecule has 2 heterocycles. The first-order valence-corrected chi connectivity index (χ1v) is 15.0. The number of hydrogen-bond acceptors (Lipinski definition) is 9. The Bertz CT molecular complexity index is 1570. The van der Waals surface area contributed by atoms with Crippen LogP contribution >= 0.6 is 23.1 Å². The Morgan fingerprint density at radius 3 is 2.63 bits per heavy atom. The van der Waals surface area contributed by atoms with Gasteiger partial charge in [0, 0.05) is 24.2 Å². The highest BCUT2D eigenvalue weighted by molar-refractivity contribution is 8.01. The second kappa shape index (κ2) is 11.8. The van der Waals surface area contributed by atoms with Crippen LogP contribution in [0.5, 0.6) is 0 Å². The standard InChI is InChI=1S/C30H29FN6O2S2/c1-30(2)14-22-26(23(38)15-30)25(19-8-10-20(31)11-9-19)21(16-32)27(33)37(22)28-35-36-29(41-28)40-17-24(39)34-13-12-18-6-4-3-5-7-18/h3-11,25H,12-15,17,33H2,1-2H3,(H,34,39). The molecule has 0 saturated heterocycles. The summed E-state index contributed by atoms with van der Waals surface area (Å²) >= 11 is 2.50. The summed E-state index contributed by atoms with van der Waals surface area (Å²) in [6, 6.07) is 17.9. The Morgan fingerprint density at radius 2 is 1.93 bits per heavy atom. The predicted molar refractivity (Wildman–Crippen MR) is 157 cm³/mol. The van der Waals surface area contributed by atoms with Crippen LogP contribution in [0.3, 0.4) is 0 Å². The Balaban J connectivity index is 1.38. The predicted octanol–water partition coefficient (Wildman–Crippen LogP) is 5.07.